The molecule has 0 aliphatic carbocycles. The van der Waals surface area contributed by atoms with Crippen molar-refractivity contribution < 1.29 is 22.3 Å². The molecule has 0 amide bonds. The van der Waals surface area contributed by atoms with Crippen LogP contribution in [-0.4, -0.2) is 19.5 Å². The fraction of sp³-hybridized carbons (Fsp3) is 0.0556. The summed E-state index contributed by atoms with van der Waals surface area (Å²) in [5, 5.41) is 0. The predicted molar refractivity (Wildman–Crippen MR) is 90.9 cm³/mol. The molecule has 0 saturated carbocycles. The zero-order valence-electron chi connectivity index (χ0n) is 14.1. The van der Waals surface area contributed by atoms with E-state index in [2.05, 4.69) is 15.0 Å². The lowest BCUT2D eigenvalue weighted by Crippen LogP contribution is -2.10. The van der Waals surface area contributed by atoms with Gasteiger partial charge in [0.1, 0.15) is 17.5 Å². The number of aromatic nitrogens is 4. The molecule has 2 heterocycles. The van der Waals surface area contributed by atoms with Crippen LogP contribution in [0.5, 0.6) is 11.8 Å². The molecule has 2 aromatic heterocycles. The predicted octanol–water partition coefficient (Wildman–Crippen LogP) is 3.67. The van der Waals surface area contributed by atoms with Gasteiger partial charge in [0.2, 0.25) is 5.82 Å². The Morgan fingerprint density at radius 1 is 1.00 bits per heavy atom. The molecule has 28 heavy (non-hydrogen) atoms. The van der Waals surface area contributed by atoms with E-state index in [-0.39, 0.29) is 11.2 Å². The van der Waals surface area contributed by atoms with Crippen molar-refractivity contribution in [2.75, 3.05) is 0 Å². The molecule has 1 N–H and O–H groups in total. The number of H-pyrrole nitrogens is 1. The Morgan fingerprint density at radius 2 is 1.71 bits per heavy atom. The number of ether oxygens (including phenoxy) is 1. The van der Waals surface area contributed by atoms with Crippen molar-refractivity contribution in [3.05, 3.63) is 70.0 Å². The monoisotopic (exact) mass is 390 g/mol. The molecule has 0 aliphatic rings. The van der Waals surface area contributed by atoms with E-state index in [4.69, 9.17) is 4.74 Å². The van der Waals surface area contributed by atoms with Gasteiger partial charge in [-0.2, -0.15) is 9.37 Å². The molecule has 0 aliphatic heterocycles. The van der Waals surface area contributed by atoms with E-state index in [0.29, 0.717) is 23.5 Å². The zero-order chi connectivity index (χ0) is 20.0. The molecule has 0 radical (unpaired) electrons. The lowest BCUT2D eigenvalue weighted by atomic mass is 10.2. The van der Waals surface area contributed by atoms with Crippen LogP contribution in [-0.2, 0) is 7.05 Å². The van der Waals surface area contributed by atoms with E-state index < -0.39 is 40.6 Å². The summed E-state index contributed by atoms with van der Waals surface area (Å²) < 4.78 is 60.0. The Morgan fingerprint density at radius 3 is 2.43 bits per heavy atom. The summed E-state index contributed by atoms with van der Waals surface area (Å²) in [4.78, 5) is 22.8. The standard InChI is InChI=1S/C18H10F4N4O2/c1-26-15(8-2-4-9(19)5-3-8)23-14-16(26)24-18(25-17(14)27)28-12-7-10(20)6-11(21)13(12)22/h2-7H,1H3,(H,24,25,27). The smallest absolute Gasteiger partial charge is 0.304 e. The van der Waals surface area contributed by atoms with E-state index >= 15 is 0 Å². The Labute approximate surface area is 154 Å². The minimum atomic E-state index is -1.45. The van der Waals surface area contributed by atoms with Crippen molar-refractivity contribution in [2.45, 2.75) is 0 Å². The highest BCUT2D eigenvalue weighted by molar-refractivity contribution is 5.76. The third-order valence-electron chi connectivity index (χ3n) is 3.98. The lowest BCUT2D eigenvalue weighted by molar-refractivity contribution is 0.387. The van der Waals surface area contributed by atoms with Gasteiger partial charge in [-0.15, -0.1) is 0 Å². The third kappa shape index (κ3) is 2.98. The number of imidazole rings is 1. The number of hydrogen-bond donors (Lipinski definition) is 1. The van der Waals surface area contributed by atoms with Crippen LogP contribution in [0, 0.1) is 23.3 Å². The molecule has 4 aromatic rings. The summed E-state index contributed by atoms with van der Waals surface area (Å²) in [6.45, 7) is 0. The van der Waals surface area contributed by atoms with E-state index in [9.17, 15) is 22.4 Å². The summed E-state index contributed by atoms with van der Waals surface area (Å²) in [5.41, 5.74) is -0.140. The highest BCUT2D eigenvalue weighted by Gasteiger charge is 2.18. The van der Waals surface area contributed by atoms with Crippen LogP contribution in [0.25, 0.3) is 22.6 Å². The van der Waals surface area contributed by atoms with Crippen LogP contribution in [0.4, 0.5) is 17.6 Å². The fourth-order valence-electron chi connectivity index (χ4n) is 2.67. The van der Waals surface area contributed by atoms with Crippen molar-refractivity contribution in [3.8, 4) is 23.1 Å². The first-order chi connectivity index (χ1) is 13.3. The maximum absolute atomic E-state index is 13.8. The van der Waals surface area contributed by atoms with Gasteiger partial charge in [-0.1, -0.05) is 0 Å². The topological polar surface area (TPSA) is 72.8 Å². The van der Waals surface area contributed by atoms with Crippen molar-refractivity contribution in [3.63, 3.8) is 0 Å². The molecule has 6 nitrogen and oxygen atoms in total. The van der Waals surface area contributed by atoms with Crippen LogP contribution in [0.3, 0.4) is 0 Å². The zero-order valence-corrected chi connectivity index (χ0v) is 14.1. The Bertz CT molecular complexity index is 1270. The van der Waals surface area contributed by atoms with Gasteiger partial charge in [0.25, 0.3) is 5.56 Å². The number of nitrogens with one attached hydrogen (secondary N) is 1. The first kappa shape index (κ1) is 17.7. The quantitative estimate of drug-likeness (QED) is 0.428. The lowest BCUT2D eigenvalue weighted by Gasteiger charge is -2.06. The summed E-state index contributed by atoms with van der Waals surface area (Å²) in [6, 6.07) is 5.94. The first-order valence-corrected chi connectivity index (χ1v) is 7.88. The number of fused-ring (bicyclic) bond motifs is 1. The van der Waals surface area contributed by atoms with E-state index in [1.165, 1.54) is 28.8 Å². The third-order valence-corrected chi connectivity index (χ3v) is 3.98. The normalized spacial score (nSPS) is 11.2. The minimum absolute atomic E-state index is 0.0416. The van der Waals surface area contributed by atoms with E-state index in [1.807, 2.05) is 0 Å². The number of benzene rings is 2. The molecule has 0 fully saturated rings. The van der Waals surface area contributed by atoms with Gasteiger partial charge in [0.15, 0.2) is 22.7 Å². The van der Waals surface area contributed by atoms with Crippen molar-refractivity contribution >= 4 is 11.2 Å². The van der Waals surface area contributed by atoms with Crippen LogP contribution in [0.15, 0.2) is 41.2 Å². The SMILES string of the molecule is Cn1c(-c2ccc(F)cc2)nc2c(=O)[nH]c(Oc3cc(F)cc(F)c3F)nc21. The highest BCUT2D eigenvalue weighted by Crippen LogP contribution is 2.26. The van der Waals surface area contributed by atoms with E-state index in [0.717, 1.165) is 0 Å². The van der Waals surface area contributed by atoms with Crippen molar-refractivity contribution in [1.82, 2.24) is 19.5 Å². The molecule has 142 valence electrons. The van der Waals surface area contributed by atoms with Gasteiger partial charge in [0, 0.05) is 24.7 Å². The molecule has 0 bridgehead atoms. The Hall–Kier alpha value is -3.69. The van der Waals surface area contributed by atoms with Gasteiger partial charge in [0.05, 0.1) is 0 Å². The first-order valence-electron chi connectivity index (χ1n) is 7.88. The number of rotatable bonds is 3. The summed E-state index contributed by atoms with van der Waals surface area (Å²) in [5.74, 6) is -4.82. The minimum Gasteiger partial charge on any atom is -0.422 e. The van der Waals surface area contributed by atoms with Gasteiger partial charge in [-0.25, -0.2) is 18.2 Å². The number of nitrogens with zero attached hydrogens (tertiary/aromatic N) is 3. The summed E-state index contributed by atoms with van der Waals surface area (Å²) >= 11 is 0. The maximum atomic E-state index is 13.8. The largest absolute Gasteiger partial charge is 0.422 e. The molecule has 0 saturated heterocycles. The molecule has 0 spiro atoms. The molecular formula is C18H10F4N4O2. The molecule has 10 heteroatoms. The van der Waals surface area contributed by atoms with Crippen LogP contribution >= 0.6 is 0 Å². The van der Waals surface area contributed by atoms with Crippen molar-refractivity contribution in [2.24, 2.45) is 7.05 Å². The average molecular weight is 390 g/mol. The second-order valence-corrected chi connectivity index (χ2v) is 5.85. The maximum Gasteiger partial charge on any atom is 0.304 e. The van der Waals surface area contributed by atoms with Crippen LogP contribution < -0.4 is 10.3 Å². The van der Waals surface area contributed by atoms with Crippen LogP contribution in [0.2, 0.25) is 0 Å². The number of aryl methyl sites for hydroxylation is 1. The fourth-order valence-corrected chi connectivity index (χ4v) is 2.67. The average Bonchev–Trinajstić information content (AvgIpc) is 2.97. The van der Waals surface area contributed by atoms with Crippen molar-refractivity contribution in [1.29, 1.82) is 0 Å². The highest BCUT2D eigenvalue weighted by atomic mass is 19.2. The van der Waals surface area contributed by atoms with Crippen LogP contribution in [0.1, 0.15) is 0 Å². The number of hydrogen-bond acceptors (Lipinski definition) is 4. The summed E-state index contributed by atoms with van der Waals surface area (Å²) in [7, 11) is 1.56. The molecule has 2 aromatic carbocycles. The van der Waals surface area contributed by atoms with Gasteiger partial charge < -0.3 is 9.30 Å². The second-order valence-electron chi connectivity index (χ2n) is 5.85. The molecular weight excluding hydrogens is 380 g/mol. The number of halogens is 4. The van der Waals surface area contributed by atoms with Gasteiger partial charge in [-0.05, 0) is 24.3 Å². The van der Waals surface area contributed by atoms with E-state index in [1.54, 1.807) is 7.05 Å². The summed E-state index contributed by atoms with van der Waals surface area (Å²) in [6.07, 6.45) is 0. The Balaban J connectivity index is 1.82. The number of aromatic amines is 1. The molecule has 0 unspecified atom stereocenters. The molecule has 0 atom stereocenters. The Kier molecular flexibility index (Phi) is 4.10. The van der Waals surface area contributed by atoms with Gasteiger partial charge >= 0.3 is 6.01 Å². The van der Waals surface area contributed by atoms with Gasteiger partial charge in [-0.3, -0.25) is 9.78 Å². The molecule has 4 rings (SSSR count). The second kappa shape index (κ2) is 6.48.